The van der Waals surface area contributed by atoms with E-state index in [-0.39, 0.29) is 31.2 Å². The maximum Gasteiger partial charge on any atom is 0.419 e. The van der Waals surface area contributed by atoms with E-state index in [9.17, 15) is 22.8 Å². The Morgan fingerprint density at radius 3 is 2.37 bits per heavy atom. The van der Waals surface area contributed by atoms with Gasteiger partial charge in [-0.15, -0.1) is 0 Å². The average molecular weight is 390 g/mol. The number of alkyl carbamates (subject to hydrolysis) is 1. The molecule has 0 fully saturated rings. The van der Waals surface area contributed by atoms with Crippen LogP contribution >= 0.6 is 0 Å². The first kappa shape index (κ1) is 22.6. The van der Waals surface area contributed by atoms with Crippen LogP contribution in [0.5, 0.6) is 5.75 Å². The summed E-state index contributed by atoms with van der Waals surface area (Å²) >= 11 is 0. The van der Waals surface area contributed by atoms with E-state index in [0.29, 0.717) is 0 Å². The van der Waals surface area contributed by atoms with Crippen LogP contribution in [0.15, 0.2) is 24.3 Å². The van der Waals surface area contributed by atoms with Crippen molar-refractivity contribution in [1.82, 2.24) is 10.6 Å². The van der Waals surface area contributed by atoms with Crippen LogP contribution in [0.4, 0.5) is 18.0 Å². The van der Waals surface area contributed by atoms with E-state index in [2.05, 4.69) is 10.6 Å². The molecule has 2 N–H and O–H groups in total. The van der Waals surface area contributed by atoms with Gasteiger partial charge in [0.1, 0.15) is 18.0 Å². The SMILES string of the molecule is CC(COc1ccccc1C(F)(F)F)NC(=O)CCNC(=O)OC(C)(C)C. The number of para-hydroxylation sites is 1. The van der Waals surface area contributed by atoms with Gasteiger partial charge in [0.05, 0.1) is 11.6 Å². The van der Waals surface area contributed by atoms with Crippen molar-refractivity contribution in [2.24, 2.45) is 0 Å². The van der Waals surface area contributed by atoms with Gasteiger partial charge in [-0.2, -0.15) is 13.2 Å². The van der Waals surface area contributed by atoms with Gasteiger partial charge in [-0.25, -0.2) is 4.79 Å². The highest BCUT2D eigenvalue weighted by Crippen LogP contribution is 2.35. The van der Waals surface area contributed by atoms with Crippen LogP contribution < -0.4 is 15.4 Å². The number of carbonyl (C=O) groups is 2. The molecule has 0 aliphatic rings. The molecule has 1 aromatic carbocycles. The number of nitrogens with one attached hydrogen (secondary N) is 2. The van der Waals surface area contributed by atoms with Gasteiger partial charge < -0.3 is 20.1 Å². The topological polar surface area (TPSA) is 76.7 Å². The molecule has 0 saturated carbocycles. The highest BCUT2D eigenvalue weighted by molar-refractivity contribution is 5.77. The molecule has 0 saturated heterocycles. The first-order valence-electron chi connectivity index (χ1n) is 8.43. The highest BCUT2D eigenvalue weighted by atomic mass is 19.4. The standard InChI is InChI=1S/C18H25F3N2O4/c1-12(11-26-14-8-6-5-7-13(14)18(19,20)21)23-15(24)9-10-22-16(25)27-17(2,3)4/h5-8,12H,9-11H2,1-4H3,(H,22,25)(H,23,24). The molecule has 9 heteroatoms. The summed E-state index contributed by atoms with van der Waals surface area (Å²) in [6, 6.07) is 4.36. The molecule has 1 rings (SSSR count). The number of amides is 2. The van der Waals surface area contributed by atoms with Gasteiger partial charge in [-0.3, -0.25) is 4.79 Å². The Morgan fingerprint density at radius 2 is 1.78 bits per heavy atom. The number of hydrogen-bond donors (Lipinski definition) is 2. The maximum atomic E-state index is 12.9. The van der Waals surface area contributed by atoms with E-state index < -0.39 is 29.5 Å². The van der Waals surface area contributed by atoms with Crippen molar-refractivity contribution in [2.45, 2.75) is 51.9 Å². The molecule has 0 bridgehead atoms. The maximum absolute atomic E-state index is 12.9. The van der Waals surface area contributed by atoms with E-state index in [1.165, 1.54) is 18.2 Å². The second-order valence-corrected chi connectivity index (χ2v) is 6.95. The van der Waals surface area contributed by atoms with Crippen LogP contribution in [0.3, 0.4) is 0 Å². The Morgan fingerprint density at radius 1 is 1.15 bits per heavy atom. The predicted molar refractivity (Wildman–Crippen MR) is 93.4 cm³/mol. The molecule has 0 aromatic heterocycles. The van der Waals surface area contributed by atoms with E-state index >= 15 is 0 Å². The zero-order valence-corrected chi connectivity index (χ0v) is 15.8. The molecule has 6 nitrogen and oxygen atoms in total. The largest absolute Gasteiger partial charge is 0.491 e. The molecule has 2 amide bonds. The number of carbonyl (C=O) groups excluding carboxylic acids is 2. The Balaban J connectivity index is 2.38. The van der Waals surface area contributed by atoms with Gasteiger partial charge in [0, 0.05) is 13.0 Å². The number of hydrogen-bond acceptors (Lipinski definition) is 4. The van der Waals surface area contributed by atoms with Crippen LogP contribution in [0.25, 0.3) is 0 Å². The fraction of sp³-hybridized carbons (Fsp3) is 0.556. The first-order valence-corrected chi connectivity index (χ1v) is 8.43. The van der Waals surface area contributed by atoms with Crippen molar-refractivity contribution < 1.29 is 32.2 Å². The Bertz CT molecular complexity index is 642. The molecular formula is C18H25F3N2O4. The minimum atomic E-state index is -4.52. The Kier molecular flexibility index (Phi) is 7.93. The molecule has 27 heavy (non-hydrogen) atoms. The molecule has 1 atom stereocenters. The van der Waals surface area contributed by atoms with Gasteiger partial charge in [-0.1, -0.05) is 12.1 Å². The van der Waals surface area contributed by atoms with Gasteiger partial charge in [0.25, 0.3) is 0 Å². The summed E-state index contributed by atoms with van der Waals surface area (Å²) in [6.45, 7) is 6.71. The lowest BCUT2D eigenvalue weighted by atomic mass is 10.2. The lowest BCUT2D eigenvalue weighted by molar-refractivity contribution is -0.139. The van der Waals surface area contributed by atoms with Crippen molar-refractivity contribution in [3.8, 4) is 5.75 Å². The molecule has 1 aromatic rings. The molecule has 0 radical (unpaired) electrons. The van der Waals surface area contributed by atoms with Crippen LogP contribution in [-0.2, 0) is 15.7 Å². The minimum absolute atomic E-state index is 0.00270. The van der Waals surface area contributed by atoms with Gasteiger partial charge in [-0.05, 0) is 39.8 Å². The van der Waals surface area contributed by atoms with E-state index in [0.717, 1.165) is 6.07 Å². The molecular weight excluding hydrogens is 365 g/mol. The normalized spacial score (nSPS) is 12.9. The van der Waals surface area contributed by atoms with Crippen molar-refractivity contribution in [2.75, 3.05) is 13.2 Å². The van der Waals surface area contributed by atoms with Crippen LogP contribution in [0.1, 0.15) is 39.7 Å². The molecule has 152 valence electrons. The summed E-state index contributed by atoms with van der Waals surface area (Å²) in [5.41, 5.74) is -1.50. The Hall–Kier alpha value is -2.45. The Labute approximate surface area is 156 Å². The quantitative estimate of drug-likeness (QED) is 0.747. The monoisotopic (exact) mass is 390 g/mol. The van der Waals surface area contributed by atoms with Crippen LogP contribution in [0.2, 0.25) is 0 Å². The summed E-state index contributed by atoms with van der Waals surface area (Å²) in [5.74, 6) is -0.663. The third kappa shape index (κ3) is 9.16. The lowest BCUT2D eigenvalue weighted by Crippen LogP contribution is -2.39. The van der Waals surface area contributed by atoms with Crippen LogP contribution in [0, 0.1) is 0 Å². The summed E-state index contributed by atoms with van der Waals surface area (Å²) in [6.07, 6.45) is -5.14. The summed E-state index contributed by atoms with van der Waals surface area (Å²) < 4.78 is 48.9. The number of rotatable bonds is 7. The molecule has 0 aliphatic heterocycles. The van der Waals surface area contributed by atoms with E-state index in [4.69, 9.17) is 9.47 Å². The molecule has 1 unspecified atom stereocenters. The number of ether oxygens (including phenoxy) is 2. The van der Waals surface area contributed by atoms with Gasteiger partial charge >= 0.3 is 12.3 Å². The molecule has 0 spiro atoms. The summed E-state index contributed by atoms with van der Waals surface area (Å²) in [7, 11) is 0. The van der Waals surface area contributed by atoms with Gasteiger partial charge in [0.2, 0.25) is 5.91 Å². The van der Waals surface area contributed by atoms with E-state index in [1.807, 2.05) is 0 Å². The second kappa shape index (κ2) is 9.48. The first-order chi connectivity index (χ1) is 12.4. The van der Waals surface area contributed by atoms with E-state index in [1.54, 1.807) is 27.7 Å². The average Bonchev–Trinajstić information content (AvgIpc) is 2.50. The minimum Gasteiger partial charge on any atom is -0.491 e. The molecule has 0 aliphatic carbocycles. The lowest BCUT2D eigenvalue weighted by Gasteiger charge is -2.20. The van der Waals surface area contributed by atoms with Crippen molar-refractivity contribution >= 4 is 12.0 Å². The van der Waals surface area contributed by atoms with Crippen molar-refractivity contribution in [3.05, 3.63) is 29.8 Å². The summed E-state index contributed by atoms with van der Waals surface area (Å²) in [5, 5.41) is 5.04. The molecule has 0 heterocycles. The number of alkyl halides is 3. The van der Waals surface area contributed by atoms with Gasteiger partial charge in [0.15, 0.2) is 0 Å². The van der Waals surface area contributed by atoms with Crippen LogP contribution in [-0.4, -0.2) is 36.8 Å². The van der Waals surface area contributed by atoms with Crippen molar-refractivity contribution in [3.63, 3.8) is 0 Å². The third-order valence-electron chi connectivity index (χ3n) is 3.11. The summed E-state index contributed by atoms with van der Waals surface area (Å²) in [4.78, 5) is 23.3. The number of halogens is 3. The fourth-order valence-electron chi connectivity index (χ4n) is 2.02. The van der Waals surface area contributed by atoms with Crippen molar-refractivity contribution in [1.29, 1.82) is 0 Å². The third-order valence-corrected chi connectivity index (χ3v) is 3.11. The zero-order chi connectivity index (χ0) is 20.7. The second-order valence-electron chi connectivity index (χ2n) is 6.95. The predicted octanol–water partition coefficient (Wildman–Crippen LogP) is 3.50. The smallest absolute Gasteiger partial charge is 0.419 e. The zero-order valence-electron chi connectivity index (χ0n) is 15.8. The highest BCUT2D eigenvalue weighted by Gasteiger charge is 2.34. The number of benzene rings is 1. The fourth-order valence-corrected chi connectivity index (χ4v) is 2.02.